The molecule has 1 fully saturated rings. The Labute approximate surface area is 119 Å². The minimum Gasteiger partial charge on any atom is -0.243 e. The molecule has 1 saturated carbocycles. The average molecular weight is 303 g/mol. The zero-order valence-electron chi connectivity index (χ0n) is 11.0. The van der Waals surface area contributed by atoms with Gasteiger partial charge in [0.25, 0.3) is 0 Å². The molecule has 0 atom stereocenters. The smallest absolute Gasteiger partial charge is 0.243 e. The summed E-state index contributed by atoms with van der Waals surface area (Å²) < 4.78 is 26.2. The highest BCUT2D eigenvalue weighted by atomic mass is 35.5. The lowest BCUT2D eigenvalue weighted by atomic mass is 9.89. The van der Waals surface area contributed by atoms with E-state index in [0.717, 1.165) is 12.8 Å². The van der Waals surface area contributed by atoms with Crippen molar-refractivity contribution in [1.29, 1.82) is 0 Å². The molecule has 1 aromatic heterocycles. The van der Waals surface area contributed by atoms with Crippen LogP contribution >= 0.6 is 11.6 Å². The Hall–Kier alpha value is -0.650. The number of rotatable bonds is 4. The van der Waals surface area contributed by atoms with Crippen molar-refractivity contribution in [1.82, 2.24) is 9.29 Å². The van der Waals surface area contributed by atoms with Crippen LogP contribution in [0.5, 0.6) is 0 Å². The standard InChI is InChI=1S/C13H19ClN2O2S/c1-16(10-11-5-3-2-4-6-11)19(17,18)12-7-8-13(14)15-9-12/h7-9,11H,2-6,10H2,1H3. The van der Waals surface area contributed by atoms with Crippen LogP contribution in [0.2, 0.25) is 5.15 Å². The molecule has 0 amide bonds. The maximum Gasteiger partial charge on any atom is 0.244 e. The van der Waals surface area contributed by atoms with Crippen LogP contribution in [0.1, 0.15) is 32.1 Å². The van der Waals surface area contributed by atoms with Crippen LogP contribution in [0.4, 0.5) is 0 Å². The van der Waals surface area contributed by atoms with E-state index < -0.39 is 10.0 Å². The molecule has 0 aliphatic heterocycles. The molecular formula is C13H19ClN2O2S. The van der Waals surface area contributed by atoms with Gasteiger partial charge in [0.2, 0.25) is 10.0 Å². The molecule has 2 rings (SSSR count). The first kappa shape index (κ1) is 14.8. The van der Waals surface area contributed by atoms with E-state index in [1.54, 1.807) is 7.05 Å². The van der Waals surface area contributed by atoms with Crippen LogP contribution in [-0.4, -0.2) is 31.3 Å². The van der Waals surface area contributed by atoms with Crippen molar-refractivity contribution < 1.29 is 8.42 Å². The molecule has 0 N–H and O–H groups in total. The van der Waals surface area contributed by atoms with Gasteiger partial charge in [0, 0.05) is 19.8 Å². The SMILES string of the molecule is CN(CC1CCCCC1)S(=O)(=O)c1ccc(Cl)nc1. The third-order valence-corrected chi connectivity index (χ3v) is 5.68. The van der Waals surface area contributed by atoms with Crippen molar-refractivity contribution in [3.8, 4) is 0 Å². The molecular weight excluding hydrogens is 284 g/mol. The molecule has 6 heteroatoms. The second-order valence-corrected chi connectivity index (χ2v) is 7.54. The van der Waals surface area contributed by atoms with E-state index in [1.165, 1.54) is 41.9 Å². The number of sulfonamides is 1. The summed E-state index contributed by atoms with van der Waals surface area (Å²) in [6.07, 6.45) is 7.25. The Balaban J connectivity index is 2.07. The van der Waals surface area contributed by atoms with Gasteiger partial charge in [-0.15, -0.1) is 0 Å². The van der Waals surface area contributed by atoms with Crippen molar-refractivity contribution in [2.45, 2.75) is 37.0 Å². The van der Waals surface area contributed by atoms with Gasteiger partial charge in [-0.2, -0.15) is 0 Å². The Morgan fingerprint density at radius 2 is 2.00 bits per heavy atom. The Kier molecular flexibility index (Phi) is 4.81. The van der Waals surface area contributed by atoms with Crippen LogP contribution < -0.4 is 0 Å². The third kappa shape index (κ3) is 3.68. The van der Waals surface area contributed by atoms with Gasteiger partial charge in [-0.1, -0.05) is 30.9 Å². The van der Waals surface area contributed by atoms with Gasteiger partial charge in [-0.05, 0) is 30.9 Å². The molecule has 4 nitrogen and oxygen atoms in total. The van der Waals surface area contributed by atoms with Crippen LogP contribution in [0.3, 0.4) is 0 Å². The monoisotopic (exact) mass is 302 g/mol. The predicted molar refractivity (Wildman–Crippen MR) is 75.6 cm³/mol. The molecule has 19 heavy (non-hydrogen) atoms. The predicted octanol–water partition coefficient (Wildman–Crippen LogP) is 2.94. The molecule has 0 spiro atoms. The summed E-state index contributed by atoms with van der Waals surface area (Å²) in [7, 11) is -1.81. The summed E-state index contributed by atoms with van der Waals surface area (Å²) in [6.45, 7) is 0.588. The molecule has 0 radical (unpaired) electrons. The maximum atomic E-state index is 12.4. The van der Waals surface area contributed by atoms with E-state index >= 15 is 0 Å². The second-order valence-electron chi connectivity index (χ2n) is 5.11. The summed E-state index contributed by atoms with van der Waals surface area (Å²) in [5.41, 5.74) is 0. The molecule has 1 aliphatic carbocycles. The Morgan fingerprint density at radius 3 is 2.58 bits per heavy atom. The molecule has 0 bridgehead atoms. The quantitative estimate of drug-likeness (QED) is 0.804. The topological polar surface area (TPSA) is 50.3 Å². The number of aromatic nitrogens is 1. The van der Waals surface area contributed by atoms with Crippen molar-refractivity contribution in [2.24, 2.45) is 5.92 Å². The highest BCUT2D eigenvalue weighted by Crippen LogP contribution is 2.26. The van der Waals surface area contributed by atoms with Gasteiger partial charge >= 0.3 is 0 Å². The van der Waals surface area contributed by atoms with Gasteiger partial charge in [-0.25, -0.2) is 17.7 Å². The minimum atomic E-state index is -3.44. The lowest BCUT2D eigenvalue weighted by molar-refractivity contribution is 0.300. The van der Waals surface area contributed by atoms with Crippen molar-refractivity contribution >= 4 is 21.6 Å². The molecule has 1 aliphatic rings. The van der Waals surface area contributed by atoms with E-state index in [2.05, 4.69) is 4.98 Å². The summed E-state index contributed by atoms with van der Waals surface area (Å²) in [5, 5.41) is 0.300. The maximum absolute atomic E-state index is 12.4. The van der Waals surface area contributed by atoms with E-state index in [9.17, 15) is 8.42 Å². The molecule has 0 aromatic carbocycles. The normalized spacial score (nSPS) is 17.8. The summed E-state index contributed by atoms with van der Waals surface area (Å²) in [5.74, 6) is 0.480. The first-order chi connectivity index (χ1) is 9.00. The van der Waals surface area contributed by atoms with Gasteiger partial charge in [0.05, 0.1) is 0 Å². The van der Waals surface area contributed by atoms with Crippen molar-refractivity contribution in [2.75, 3.05) is 13.6 Å². The molecule has 106 valence electrons. The number of hydrogen-bond acceptors (Lipinski definition) is 3. The largest absolute Gasteiger partial charge is 0.244 e. The molecule has 0 saturated heterocycles. The van der Waals surface area contributed by atoms with Crippen molar-refractivity contribution in [3.63, 3.8) is 0 Å². The Morgan fingerprint density at radius 1 is 1.32 bits per heavy atom. The zero-order chi connectivity index (χ0) is 13.9. The first-order valence-corrected chi connectivity index (χ1v) is 8.40. The van der Waals surface area contributed by atoms with Crippen LogP contribution in [0.15, 0.2) is 23.2 Å². The highest BCUT2D eigenvalue weighted by Gasteiger charge is 2.24. The summed E-state index contributed by atoms with van der Waals surface area (Å²) in [6, 6.07) is 3.00. The third-order valence-electron chi connectivity index (χ3n) is 3.65. The molecule has 1 aromatic rings. The number of nitrogens with zero attached hydrogens (tertiary/aromatic N) is 2. The molecule has 0 unspecified atom stereocenters. The lowest BCUT2D eigenvalue weighted by Crippen LogP contribution is -2.32. The van der Waals surface area contributed by atoms with Gasteiger partial charge < -0.3 is 0 Å². The van der Waals surface area contributed by atoms with Crippen LogP contribution in [0.25, 0.3) is 0 Å². The van der Waals surface area contributed by atoms with Crippen molar-refractivity contribution in [3.05, 3.63) is 23.5 Å². The van der Waals surface area contributed by atoms with Gasteiger partial charge in [0.1, 0.15) is 10.0 Å². The lowest BCUT2D eigenvalue weighted by Gasteiger charge is -2.26. The fourth-order valence-electron chi connectivity index (χ4n) is 2.53. The van der Waals surface area contributed by atoms with E-state index in [1.807, 2.05) is 0 Å². The fraction of sp³-hybridized carbons (Fsp3) is 0.615. The molecule has 1 heterocycles. The minimum absolute atomic E-state index is 0.204. The fourth-order valence-corrected chi connectivity index (χ4v) is 3.83. The number of hydrogen-bond donors (Lipinski definition) is 0. The number of halogens is 1. The average Bonchev–Trinajstić information content (AvgIpc) is 2.40. The van der Waals surface area contributed by atoms with Crippen LogP contribution in [-0.2, 0) is 10.0 Å². The first-order valence-electron chi connectivity index (χ1n) is 6.58. The summed E-state index contributed by atoms with van der Waals surface area (Å²) in [4.78, 5) is 4.04. The van der Waals surface area contributed by atoms with E-state index in [-0.39, 0.29) is 4.90 Å². The number of pyridine rings is 1. The second kappa shape index (κ2) is 6.20. The highest BCUT2D eigenvalue weighted by molar-refractivity contribution is 7.89. The zero-order valence-corrected chi connectivity index (χ0v) is 12.6. The van der Waals surface area contributed by atoms with Gasteiger partial charge in [-0.3, -0.25) is 0 Å². The Bertz CT molecular complexity index is 510. The van der Waals surface area contributed by atoms with E-state index in [4.69, 9.17) is 11.6 Å². The van der Waals surface area contributed by atoms with Gasteiger partial charge in [0.15, 0.2) is 0 Å². The van der Waals surface area contributed by atoms with E-state index in [0.29, 0.717) is 17.6 Å². The van der Waals surface area contributed by atoms with Crippen LogP contribution in [0, 0.1) is 5.92 Å². The summed E-state index contributed by atoms with van der Waals surface area (Å²) >= 11 is 5.68.